The van der Waals surface area contributed by atoms with Crippen LogP contribution in [0.15, 0.2) is 12.3 Å². The number of nitrogens with two attached hydrogens (primary N) is 1. The normalized spacial score (nSPS) is 18.2. The monoisotopic (exact) mass is 308 g/mol. The predicted molar refractivity (Wildman–Crippen MR) is 86.3 cm³/mol. The van der Waals surface area contributed by atoms with E-state index < -0.39 is 11.6 Å². The summed E-state index contributed by atoms with van der Waals surface area (Å²) in [6.07, 6.45) is 8.65. The third kappa shape index (κ3) is 5.42. The fourth-order valence-corrected chi connectivity index (χ4v) is 3.02. The number of nitrogens with one attached hydrogen (secondary N) is 1. The number of carbonyl (C=O) groups excluding carboxylic acids is 1. The van der Waals surface area contributed by atoms with Gasteiger partial charge >= 0.3 is 0 Å². The lowest BCUT2D eigenvalue weighted by atomic mass is 9.85. The summed E-state index contributed by atoms with van der Waals surface area (Å²) in [5, 5.41) is 16.8. The van der Waals surface area contributed by atoms with Crippen molar-refractivity contribution in [1.82, 2.24) is 9.78 Å². The van der Waals surface area contributed by atoms with Gasteiger partial charge in [0.25, 0.3) is 0 Å². The average molecular weight is 308 g/mol. The highest BCUT2D eigenvalue weighted by Crippen LogP contribution is 2.27. The number of rotatable bonds is 6. The van der Waals surface area contributed by atoms with E-state index in [0.29, 0.717) is 18.3 Å². The van der Waals surface area contributed by atoms with Crippen molar-refractivity contribution < 1.29 is 9.90 Å². The molecule has 0 unspecified atom stereocenters. The first-order valence-corrected chi connectivity index (χ1v) is 8.16. The van der Waals surface area contributed by atoms with E-state index in [-0.39, 0.29) is 5.91 Å². The summed E-state index contributed by atoms with van der Waals surface area (Å²) < 4.78 is 1.61. The van der Waals surface area contributed by atoms with E-state index in [2.05, 4.69) is 10.4 Å². The predicted octanol–water partition coefficient (Wildman–Crippen LogP) is 1.89. The van der Waals surface area contributed by atoms with Gasteiger partial charge < -0.3 is 16.2 Å². The highest BCUT2D eigenvalue weighted by molar-refractivity contribution is 5.93. The van der Waals surface area contributed by atoms with Crippen LogP contribution < -0.4 is 11.1 Å². The third-order valence-corrected chi connectivity index (χ3v) is 4.09. The van der Waals surface area contributed by atoms with E-state index in [0.717, 1.165) is 6.42 Å². The minimum Gasteiger partial charge on any atom is -0.389 e. The summed E-state index contributed by atoms with van der Waals surface area (Å²) >= 11 is 0. The highest BCUT2D eigenvalue weighted by atomic mass is 16.3. The molecule has 1 aromatic rings. The third-order valence-electron chi connectivity index (χ3n) is 4.09. The largest absolute Gasteiger partial charge is 0.389 e. The standard InChI is InChI=1S/C16H28N4O2/c1-16(2,22)11-20-9-8-14(19-20)18-15(21)13(17)10-12-6-4-3-5-7-12/h8-9,12-13,22H,3-7,10-11,17H2,1-2H3,(H,18,19,21)/t13-/m0/s1. The molecule has 0 radical (unpaired) electrons. The molecule has 124 valence electrons. The van der Waals surface area contributed by atoms with Crippen LogP contribution >= 0.6 is 0 Å². The number of amides is 1. The van der Waals surface area contributed by atoms with Gasteiger partial charge in [0.2, 0.25) is 5.91 Å². The van der Waals surface area contributed by atoms with E-state index in [1.54, 1.807) is 30.8 Å². The Labute approximate surface area is 132 Å². The molecule has 0 aliphatic heterocycles. The minimum absolute atomic E-state index is 0.181. The van der Waals surface area contributed by atoms with Crippen molar-refractivity contribution in [3.63, 3.8) is 0 Å². The molecule has 1 heterocycles. The molecular weight excluding hydrogens is 280 g/mol. The van der Waals surface area contributed by atoms with Crippen molar-refractivity contribution in [3.8, 4) is 0 Å². The number of hydrogen-bond donors (Lipinski definition) is 3. The van der Waals surface area contributed by atoms with E-state index in [9.17, 15) is 9.90 Å². The fourth-order valence-electron chi connectivity index (χ4n) is 3.02. The molecule has 1 fully saturated rings. The molecular formula is C16H28N4O2. The van der Waals surface area contributed by atoms with Gasteiger partial charge in [0.1, 0.15) is 0 Å². The second-order valence-electron chi connectivity index (χ2n) is 7.05. The van der Waals surface area contributed by atoms with Gasteiger partial charge in [0, 0.05) is 12.3 Å². The fraction of sp³-hybridized carbons (Fsp3) is 0.750. The molecule has 1 atom stereocenters. The van der Waals surface area contributed by atoms with Crippen LogP contribution in [0.2, 0.25) is 0 Å². The summed E-state index contributed by atoms with van der Waals surface area (Å²) in [4.78, 5) is 12.1. The van der Waals surface area contributed by atoms with Gasteiger partial charge in [-0.05, 0) is 26.2 Å². The van der Waals surface area contributed by atoms with Crippen LogP contribution in [-0.2, 0) is 11.3 Å². The summed E-state index contributed by atoms with van der Waals surface area (Å²) in [5.41, 5.74) is 5.18. The molecule has 22 heavy (non-hydrogen) atoms. The minimum atomic E-state index is -0.843. The van der Waals surface area contributed by atoms with Gasteiger partial charge in [-0.2, -0.15) is 5.10 Å². The van der Waals surface area contributed by atoms with Crippen molar-refractivity contribution in [2.75, 3.05) is 5.32 Å². The maximum absolute atomic E-state index is 12.1. The van der Waals surface area contributed by atoms with E-state index in [4.69, 9.17) is 5.73 Å². The van der Waals surface area contributed by atoms with Gasteiger partial charge in [-0.15, -0.1) is 0 Å². The lowest BCUT2D eigenvalue weighted by molar-refractivity contribution is -0.117. The Bertz CT molecular complexity index is 487. The van der Waals surface area contributed by atoms with Crippen molar-refractivity contribution in [2.45, 2.75) is 70.6 Å². The highest BCUT2D eigenvalue weighted by Gasteiger charge is 2.22. The average Bonchev–Trinajstić information content (AvgIpc) is 2.84. The maximum Gasteiger partial charge on any atom is 0.242 e. The Morgan fingerprint density at radius 1 is 1.50 bits per heavy atom. The summed E-state index contributed by atoms with van der Waals surface area (Å²) in [7, 11) is 0. The summed E-state index contributed by atoms with van der Waals surface area (Å²) in [5.74, 6) is 0.870. The molecule has 1 aliphatic rings. The van der Waals surface area contributed by atoms with Crippen LogP contribution in [0.5, 0.6) is 0 Å². The first-order valence-electron chi connectivity index (χ1n) is 8.16. The topological polar surface area (TPSA) is 93.2 Å². The molecule has 1 amide bonds. The van der Waals surface area contributed by atoms with E-state index in [1.165, 1.54) is 32.1 Å². The van der Waals surface area contributed by atoms with Crippen LogP contribution in [-0.4, -0.2) is 32.4 Å². The van der Waals surface area contributed by atoms with Crippen LogP contribution in [0.4, 0.5) is 5.82 Å². The Balaban J connectivity index is 1.83. The molecule has 6 heteroatoms. The van der Waals surface area contributed by atoms with Gasteiger partial charge in [-0.25, -0.2) is 0 Å². The molecule has 1 saturated carbocycles. The Kier molecular flexibility index (Phi) is 5.58. The zero-order chi connectivity index (χ0) is 16.2. The van der Waals surface area contributed by atoms with Crippen molar-refractivity contribution in [1.29, 1.82) is 0 Å². The molecule has 0 saturated heterocycles. The van der Waals surface area contributed by atoms with Crippen LogP contribution in [0.1, 0.15) is 52.4 Å². The van der Waals surface area contributed by atoms with Gasteiger partial charge in [0.15, 0.2) is 5.82 Å². The lowest BCUT2D eigenvalue weighted by Gasteiger charge is -2.23. The summed E-state index contributed by atoms with van der Waals surface area (Å²) in [6.45, 7) is 3.80. The zero-order valence-corrected chi connectivity index (χ0v) is 13.6. The number of nitrogens with zero attached hydrogens (tertiary/aromatic N) is 2. The van der Waals surface area contributed by atoms with E-state index in [1.807, 2.05) is 0 Å². The maximum atomic E-state index is 12.1. The number of aromatic nitrogens is 2. The molecule has 1 aliphatic carbocycles. The molecule has 0 spiro atoms. The Morgan fingerprint density at radius 2 is 2.18 bits per heavy atom. The lowest BCUT2D eigenvalue weighted by Crippen LogP contribution is -2.37. The summed E-state index contributed by atoms with van der Waals surface area (Å²) in [6, 6.07) is 1.24. The molecule has 0 aromatic carbocycles. The second kappa shape index (κ2) is 7.24. The van der Waals surface area contributed by atoms with Crippen molar-refractivity contribution in [3.05, 3.63) is 12.3 Å². The molecule has 2 rings (SSSR count). The van der Waals surface area contributed by atoms with Crippen molar-refractivity contribution >= 4 is 11.7 Å². The molecule has 0 bridgehead atoms. The number of anilines is 1. The number of aliphatic hydroxyl groups is 1. The van der Waals surface area contributed by atoms with Gasteiger partial charge in [0.05, 0.1) is 18.2 Å². The van der Waals surface area contributed by atoms with Crippen LogP contribution in [0, 0.1) is 5.92 Å². The van der Waals surface area contributed by atoms with Crippen molar-refractivity contribution in [2.24, 2.45) is 11.7 Å². The first kappa shape index (κ1) is 17.0. The number of carbonyl (C=O) groups is 1. The molecule has 4 N–H and O–H groups in total. The van der Waals surface area contributed by atoms with E-state index >= 15 is 0 Å². The Morgan fingerprint density at radius 3 is 2.82 bits per heavy atom. The van der Waals surface area contributed by atoms with Crippen LogP contribution in [0.3, 0.4) is 0 Å². The van der Waals surface area contributed by atoms with Gasteiger partial charge in [-0.1, -0.05) is 32.1 Å². The molecule has 6 nitrogen and oxygen atoms in total. The zero-order valence-electron chi connectivity index (χ0n) is 13.6. The number of hydrogen-bond acceptors (Lipinski definition) is 4. The van der Waals surface area contributed by atoms with Gasteiger partial charge in [-0.3, -0.25) is 9.48 Å². The second-order valence-corrected chi connectivity index (χ2v) is 7.05. The SMILES string of the molecule is CC(C)(O)Cn1ccc(NC(=O)[C@@H](N)CC2CCCCC2)n1. The van der Waals surface area contributed by atoms with Crippen LogP contribution in [0.25, 0.3) is 0 Å². The Hall–Kier alpha value is -1.40. The first-order chi connectivity index (χ1) is 10.3. The quantitative estimate of drug-likeness (QED) is 0.748. The molecule has 1 aromatic heterocycles. The smallest absolute Gasteiger partial charge is 0.242 e.